The Morgan fingerprint density at radius 1 is 0.968 bits per heavy atom. The van der Waals surface area contributed by atoms with Crippen LogP contribution in [0.2, 0.25) is 0 Å². The molecular formula is C26H34N2O2S. The van der Waals surface area contributed by atoms with Crippen LogP contribution in [0.5, 0.6) is 0 Å². The van der Waals surface area contributed by atoms with Crippen LogP contribution >= 0.6 is 11.8 Å². The second kappa shape index (κ2) is 10.9. The van der Waals surface area contributed by atoms with Crippen LogP contribution in [0.15, 0.2) is 53.4 Å². The van der Waals surface area contributed by atoms with E-state index in [0.29, 0.717) is 11.6 Å². The van der Waals surface area contributed by atoms with Crippen molar-refractivity contribution in [2.45, 2.75) is 70.6 Å². The molecule has 166 valence electrons. The lowest BCUT2D eigenvalue weighted by Crippen LogP contribution is -2.38. The zero-order valence-electron chi connectivity index (χ0n) is 18.9. The first-order valence-corrected chi connectivity index (χ1v) is 12.2. The third-order valence-corrected chi connectivity index (χ3v) is 6.99. The topological polar surface area (TPSA) is 58.2 Å². The number of hydrogen-bond acceptors (Lipinski definition) is 3. The zero-order valence-corrected chi connectivity index (χ0v) is 19.7. The summed E-state index contributed by atoms with van der Waals surface area (Å²) in [4.78, 5) is 26.8. The Labute approximate surface area is 190 Å². The molecule has 1 saturated carbocycles. The van der Waals surface area contributed by atoms with Crippen molar-refractivity contribution < 1.29 is 9.59 Å². The Hall–Kier alpha value is -2.27. The van der Waals surface area contributed by atoms with Gasteiger partial charge in [-0.1, -0.05) is 62.9 Å². The predicted molar refractivity (Wildman–Crippen MR) is 131 cm³/mol. The van der Waals surface area contributed by atoms with Crippen LogP contribution < -0.4 is 10.6 Å². The number of rotatable bonds is 7. The van der Waals surface area contributed by atoms with Crippen molar-refractivity contribution in [1.29, 1.82) is 0 Å². The van der Waals surface area contributed by atoms with Crippen molar-refractivity contribution in [3.8, 4) is 0 Å². The van der Waals surface area contributed by atoms with Gasteiger partial charge < -0.3 is 10.6 Å². The monoisotopic (exact) mass is 438 g/mol. The summed E-state index contributed by atoms with van der Waals surface area (Å²) in [5.74, 6) is 0.694. The number of hydrogen-bond donors (Lipinski definition) is 2. The van der Waals surface area contributed by atoms with E-state index < -0.39 is 0 Å². The normalized spacial score (nSPS) is 15.5. The van der Waals surface area contributed by atoms with E-state index >= 15 is 0 Å². The summed E-state index contributed by atoms with van der Waals surface area (Å²) in [5, 5.41) is 5.93. The molecule has 3 rings (SSSR count). The quantitative estimate of drug-likeness (QED) is 0.437. The fourth-order valence-corrected chi connectivity index (χ4v) is 4.92. The van der Waals surface area contributed by atoms with Crippen molar-refractivity contribution in [2.75, 3.05) is 10.6 Å². The van der Waals surface area contributed by atoms with Gasteiger partial charge in [-0.15, -0.1) is 0 Å². The van der Waals surface area contributed by atoms with Gasteiger partial charge in [-0.05, 0) is 74.6 Å². The van der Waals surface area contributed by atoms with Crippen molar-refractivity contribution >= 4 is 34.3 Å². The fraction of sp³-hybridized carbons (Fsp3) is 0.462. The maximum Gasteiger partial charge on any atom is 0.288 e. The van der Waals surface area contributed by atoms with Gasteiger partial charge in [0.25, 0.3) is 5.24 Å². The largest absolute Gasteiger partial charge is 0.325 e. The van der Waals surface area contributed by atoms with E-state index in [1.807, 2.05) is 55.5 Å². The van der Waals surface area contributed by atoms with Gasteiger partial charge in [0.05, 0.1) is 5.69 Å². The molecule has 1 aliphatic rings. The summed E-state index contributed by atoms with van der Waals surface area (Å²) in [6.45, 7) is 6.44. The highest BCUT2D eigenvalue weighted by molar-refractivity contribution is 8.14. The fourth-order valence-electron chi connectivity index (χ4n) is 4.18. The van der Waals surface area contributed by atoms with E-state index in [9.17, 15) is 9.59 Å². The van der Waals surface area contributed by atoms with Gasteiger partial charge >= 0.3 is 0 Å². The Kier molecular flexibility index (Phi) is 8.19. The maximum absolute atomic E-state index is 13.4. The van der Waals surface area contributed by atoms with Crippen LogP contribution in [0.1, 0.15) is 64.4 Å². The minimum atomic E-state index is -0.287. The SMILES string of the molecule is Cc1ccc(NC(=O)Sc2ccccc2NC(=O)C2(CCC(C)C)CCCCC2)cc1. The summed E-state index contributed by atoms with van der Waals surface area (Å²) in [7, 11) is 0. The molecule has 0 spiro atoms. The predicted octanol–water partition coefficient (Wildman–Crippen LogP) is 7.64. The minimum Gasteiger partial charge on any atom is -0.325 e. The molecule has 2 N–H and O–H groups in total. The number of thioether (sulfide) groups is 1. The second-order valence-electron chi connectivity index (χ2n) is 9.10. The van der Waals surface area contributed by atoms with E-state index in [4.69, 9.17) is 0 Å². The number of amides is 2. The van der Waals surface area contributed by atoms with Gasteiger partial charge in [-0.25, -0.2) is 0 Å². The molecule has 0 saturated heterocycles. The van der Waals surface area contributed by atoms with E-state index in [-0.39, 0.29) is 16.6 Å². The average Bonchev–Trinajstić information content (AvgIpc) is 2.76. The van der Waals surface area contributed by atoms with E-state index in [2.05, 4.69) is 24.5 Å². The van der Waals surface area contributed by atoms with Gasteiger partial charge in [0.2, 0.25) is 5.91 Å². The number of carbonyl (C=O) groups excluding carboxylic acids is 2. The Morgan fingerprint density at radius 3 is 2.32 bits per heavy atom. The number of carbonyl (C=O) groups is 2. The van der Waals surface area contributed by atoms with Crippen LogP contribution in [-0.4, -0.2) is 11.1 Å². The van der Waals surface area contributed by atoms with Crippen LogP contribution in [-0.2, 0) is 4.79 Å². The van der Waals surface area contributed by atoms with E-state index in [1.54, 1.807) is 0 Å². The molecule has 2 amide bonds. The summed E-state index contributed by atoms with van der Waals surface area (Å²) in [6.07, 6.45) is 7.33. The highest BCUT2D eigenvalue weighted by Crippen LogP contribution is 2.42. The lowest BCUT2D eigenvalue weighted by molar-refractivity contribution is -0.128. The van der Waals surface area contributed by atoms with Crippen LogP contribution in [0.25, 0.3) is 0 Å². The molecular weight excluding hydrogens is 404 g/mol. The van der Waals surface area contributed by atoms with Crippen LogP contribution in [0.3, 0.4) is 0 Å². The van der Waals surface area contributed by atoms with Gasteiger partial charge in [0.15, 0.2) is 0 Å². The minimum absolute atomic E-state index is 0.111. The maximum atomic E-state index is 13.4. The molecule has 0 bridgehead atoms. The van der Waals surface area contributed by atoms with Crippen molar-refractivity contribution in [3.63, 3.8) is 0 Å². The summed E-state index contributed by atoms with van der Waals surface area (Å²) in [6, 6.07) is 15.3. The summed E-state index contributed by atoms with van der Waals surface area (Å²) in [5.41, 5.74) is 2.34. The average molecular weight is 439 g/mol. The third-order valence-electron chi connectivity index (χ3n) is 6.13. The number of para-hydroxylation sites is 1. The Balaban J connectivity index is 1.70. The summed E-state index contributed by atoms with van der Waals surface area (Å²) >= 11 is 1.11. The summed E-state index contributed by atoms with van der Waals surface area (Å²) < 4.78 is 0. The highest BCUT2D eigenvalue weighted by Gasteiger charge is 2.39. The smallest absolute Gasteiger partial charge is 0.288 e. The number of aryl methyl sites for hydroxylation is 1. The molecule has 5 heteroatoms. The number of nitrogens with one attached hydrogen (secondary N) is 2. The Bertz CT molecular complexity index is 887. The van der Waals surface area contributed by atoms with Gasteiger partial charge in [0, 0.05) is 16.0 Å². The van der Waals surface area contributed by atoms with E-state index in [1.165, 1.54) is 6.42 Å². The number of anilines is 2. The van der Waals surface area contributed by atoms with Crippen molar-refractivity contribution in [2.24, 2.45) is 11.3 Å². The third kappa shape index (κ3) is 6.60. The van der Waals surface area contributed by atoms with Crippen molar-refractivity contribution in [1.82, 2.24) is 0 Å². The first-order chi connectivity index (χ1) is 14.9. The first kappa shape index (κ1) is 23.4. The second-order valence-corrected chi connectivity index (χ2v) is 10.1. The molecule has 2 aromatic carbocycles. The van der Waals surface area contributed by atoms with Gasteiger partial charge in [-0.3, -0.25) is 9.59 Å². The molecule has 0 radical (unpaired) electrons. The molecule has 0 unspecified atom stereocenters. The molecule has 0 aromatic heterocycles. The number of benzene rings is 2. The molecule has 0 aliphatic heterocycles. The lowest BCUT2D eigenvalue weighted by atomic mass is 9.69. The highest BCUT2D eigenvalue weighted by atomic mass is 32.2. The lowest BCUT2D eigenvalue weighted by Gasteiger charge is -2.36. The Morgan fingerprint density at radius 2 is 1.65 bits per heavy atom. The first-order valence-electron chi connectivity index (χ1n) is 11.3. The standard InChI is InChI=1S/C26H34N2O2S/c1-19(2)15-18-26(16-7-4-8-17-26)24(29)28-22-9-5-6-10-23(22)31-25(30)27-21-13-11-20(3)12-14-21/h5-6,9-14,19H,4,7-8,15-18H2,1-3H3,(H,27,30)(H,28,29). The van der Waals surface area contributed by atoms with E-state index in [0.717, 1.165) is 66.4 Å². The van der Waals surface area contributed by atoms with Crippen molar-refractivity contribution in [3.05, 3.63) is 54.1 Å². The van der Waals surface area contributed by atoms with Gasteiger partial charge in [0.1, 0.15) is 0 Å². The van der Waals surface area contributed by atoms with Crippen LogP contribution in [0.4, 0.5) is 16.2 Å². The molecule has 1 aliphatic carbocycles. The molecule has 0 heterocycles. The van der Waals surface area contributed by atoms with Gasteiger partial charge in [-0.2, -0.15) is 0 Å². The molecule has 2 aromatic rings. The molecule has 31 heavy (non-hydrogen) atoms. The molecule has 4 nitrogen and oxygen atoms in total. The molecule has 1 fully saturated rings. The van der Waals surface area contributed by atoms with Crippen LogP contribution in [0, 0.1) is 18.3 Å². The zero-order chi connectivity index (χ0) is 22.3. The molecule has 0 atom stereocenters.